The van der Waals surface area contributed by atoms with Gasteiger partial charge in [-0.15, -0.1) is 0 Å². The number of aromatic nitrogens is 1. The smallest absolute Gasteiger partial charge is 0.248 e. The van der Waals surface area contributed by atoms with Crippen LogP contribution in [0.2, 0.25) is 6.32 Å². The van der Waals surface area contributed by atoms with Crippen LogP contribution in [0.5, 0.6) is 11.5 Å². The number of anilines is 1. The van der Waals surface area contributed by atoms with Gasteiger partial charge in [-0.1, -0.05) is 68.1 Å². The van der Waals surface area contributed by atoms with Gasteiger partial charge < -0.3 is 24.3 Å². The molecule has 2 aromatic carbocycles. The first-order valence-corrected chi connectivity index (χ1v) is 19.4. The van der Waals surface area contributed by atoms with Crippen LogP contribution < -0.4 is 19.4 Å². The number of hydrogen-bond acceptors (Lipinski definition) is 5. The molecule has 280 valence electrons. The molecule has 6 rings (SSSR count). The summed E-state index contributed by atoms with van der Waals surface area (Å²) in [5.41, 5.74) is 7.59. The first-order valence-electron chi connectivity index (χ1n) is 19.4. The fourth-order valence-electron chi connectivity index (χ4n) is 7.71. The van der Waals surface area contributed by atoms with E-state index in [2.05, 4.69) is 74.3 Å². The van der Waals surface area contributed by atoms with Crippen LogP contribution in [-0.4, -0.2) is 31.8 Å². The highest BCUT2D eigenvalue weighted by atomic mass is 16.6. The molecule has 4 aromatic rings. The van der Waals surface area contributed by atoms with E-state index < -0.39 is 6.29 Å². The van der Waals surface area contributed by atoms with Crippen molar-refractivity contribution in [1.29, 1.82) is 0 Å². The van der Waals surface area contributed by atoms with Crippen molar-refractivity contribution < 1.29 is 28.4 Å². The molecule has 2 unspecified atom stereocenters. The van der Waals surface area contributed by atoms with Crippen LogP contribution in [0.25, 0.3) is 21.7 Å². The number of furan rings is 1. The molecule has 0 saturated carbocycles. The number of aryl methyl sites for hydroxylation is 1. The number of aliphatic hydroxyl groups is 1. The number of amides is 1. The van der Waals surface area contributed by atoms with E-state index in [4.69, 9.17) is 21.7 Å². The second-order valence-corrected chi connectivity index (χ2v) is 15.5. The quantitative estimate of drug-likeness (QED) is 0.0585. The van der Waals surface area contributed by atoms with Gasteiger partial charge in [0, 0.05) is 47.9 Å². The highest BCUT2D eigenvalue weighted by Crippen LogP contribution is 2.43. The molecule has 1 aliphatic carbocycles. The average Bonchev–Trinajstić information content (AvgIpc) is 3.60. The SMILES string of the molecule is [B]CCCC(CCOc1c2c(cc3ccoc13)CCC(O)O2)[n+]1ccc2cc(NC(=O)C=C(C)C=CC=C(C)C=CC3=C(C)CCCC3(C)C)ccc2c1. The Kier molecular flexibility index (Phi) is 12.6. The summed E-state index contributed by atoms with van der Waals surface area (Å²) in [4.78, 5) is 12.9. The van der Waals surface area contributed by atoms with Crippen molar-refractivity contribution in [3.63, 3.8) is 0 Å². The molecule has 1 amide bonds. The van der Waals surface area contributed by atoms with Crippen LogP contribution in [0.4, 0.5) is 5.69 Å². The second kappa shape index (κ2) is 17.5. The average molecular weight is 726 g/mol. The maximum absolute atomic E-state index is 12.9. The number of carbonyl (C=O) groups excluding carboxylic acids is 1. The van der Waals surface area contributed by atoms with Crippen molar-refractivity contribution in [2.24, 2.45) is 5.41 Å². The fraction of sp³-hybridized carbons (Fsp3) is 0.391. The number of nitrogens with zero attached hydrogens (tertiary/aromatic N) is 1. The zero-order valence-corrected chi connectivity index (χ0v) is 32.5. The van der Waals surface area contributed by atoms with Gasteiger partial charge in [-0.05, 0) is 104 Å². The first kappa shape index (κ1) is 38.9. The van der Waals surface area contributed by atoms with E-state index in [0.29, 0.717) is 42.9 Å². The van der Waals surface area contributed by atoms with Gasteiger partial charge in [0.2, 0.25) is 11.7 Å². The number of carbonyl (C=O) groups is 1. The molecule has 3 heterocycles. The zero-order chi connectivity index (χ0) is 38.2. The summed E-state index contributed by atoms with van der Waals surface area (Å²) in [5, 5.41) is 16.3. The van der Waals surface area contributed by atoms with E-state index in [1.807, 2.05) is 49.4 Å². The lowest BCUT2D eigenvalue weighted by Crippen LogP contribution is -2.39. The Morgan fingerprint density at radius 2 is 1.94 bits per heavy atom. The molecule has 2 atom stereocenters. The van der Waals surface area contributed by atoms with E-state index in [1.165, 1.54) is 36.0 Å². The Hall–Kier alpha value is -4.82. The van der Waals surface area contributed by atoms with Crippen molar-refractivity contribution in [3.8, 4) is 11.5 Å². The van der Waals surface area contributed by atoms with E-state index in [9.17, 15) is 9.90 Å². The maximum atomic E-state index is 12.9. The van der Waals surface area contributed by atoms with E-state index in [1.54, 1.807) is 12.3 Å². The molecule has 0 fully saturated rings. The summed E-state index contributed by atoms with van der Waals surface area (Å²) in [6.45, 7) is 11.4. The summed E-state index contributed by atoms with van der Waals surface area (Å²) in [7, 11) is 5.93. The summed E-state index contributed by atoms with van der Waals surface area (Å²) in [5.74, 6) is 0.944. The van der Waals surface area contributed by atoms with Gasteiger partial charge in [0.25, 0.3) is 0 Å². The van der Waals surface area contributed by atoms with Crippen molar-refractivity contribution in [3.05, 3.63) is 119 Å². The molecule has 0 saturated heterocycles. The minimum Gasteiger partial charge on any atom is -0.486 e. The summed E-state index contributed by atoms with van der Waals surface area (Å²) in [6, 6.07) is 12.2. The summed E-state index contributed by atoms with van der Waals surface area (Å²) >= 11 is 0. The Morgan fingerprint density at radius 3 is 2.76 bits per heavy atom. The molecule has 54 heavy (non-hydrogen) atoms. The lowest BCUT2D eigenvalue weighted by atomic mass is 9.72. The van der Waals surface area contributed by atoms with Gasteiger partial charge in [-0.3, -0.25) is 4.79 Å². The van der Waals surface area contributed by atoms with Crippen molar-refractivity contribution in [2.45, 2.75) is 105 Å². The lowest BCUT2D eigenvalue weighted by molar-refractivity contribution is -0.723. The molecule has 0 spiro atoms. The van der Waals surface area contributed by atoms with Gasteiger partial charge in [0.1, 0.15) is 0 Å². The minimum absolute atomic E-state index is 0.150. The van der Waals surface area contributed by atoms with Crippen LogP contribution in [0, 0.1) is 5.41 Å². The van der Waals surface area contributed by atoms with Crippen LogP contribution in [-0.2, 0) is 11.2 Å². The standard InChI is InChI=1S/C46H53BN2O5/c1-31(13-17-40-33(3)11-7-22-46(40,4)5)9-6-10-32(2)27-41(50)48-38-16-14-37-30-49(24-19-34(37)29-38)39(12-8-23-47)21-26-53-45-43-36(20-25-52-43)28-35-15-18-42(51)54-44(35)45/h6,9-10,13-14,16-17,19-20,24-25,27-30,39,42,51H,7-8,11-12,15,18,21-23,26H2,1-5H3/p+1. The number of benzene rings is 2. The molecule has 1 aliphatic heterocycles. The normalized spacial score (nSPS) is 18.4. The largest absolute Gasteiger partial charge is 0.486 e. The number of ether oxygens (including phenoxy) is 2. The molecule has 2 N–H and O–H groups in total. The molecular formula is C46H54BN2O5+. The molecule has 2 aliphatic rings. The molecule has 7 nitrogen and oxygen atoms in total. The van der Waals surface area contributed by atoms with Gasteiger partial charge in [0.05, 0.1) is 20.7 Å². The number of allylic oxidation sites excluding steroid dienone is 9. The van der Waals surface area contributed by atoms with E-state index >= 15 is 0 Å². The zero-order valence-electron chi connectivity index (χ0n) is 32.5. The number of pyridine rings is 1. The Morgan fingerprint density at radius 1 is 1.09 bits per heavy atom. The number of aliphatic hydroxyl groups excluding tert-OH is 1. The highest BCUT2D eigenvalue weighted by Gasteiger charge is 2.28. The third kappa shape index (κ3) is 9.64. The highest BCUT2D eigenvalue weighted by molar-refractivity contribution is 6.08. The Bertz CT molecular complexity index is 2140. The van der Waals surface area contributed by atoms with Crippen LogP contribution in [0.1, 0.15) is 91.2 Å². The third-order valence-corrected chi connectivity index (χ3v) is 10.7. The minimum atomic E-state index is -0.860. The van der Waals surface area contributed by atoms with Gasteiger partial charge >= 0.3 is 0 Å². The predicted octanol–water partition coefficient (Wildman–Crippen LogP) is 10.4. The van der Waals surface area contributed by atoms with Crippen LogP contribution in [0.3, 0.4) is 0 Å². The van der Waals surface area contributed by atoms with Crippen LogP contribution in [0.15, 0.2) is 118 Å². The van der Waals surface area contributed by atoms with Gasteiger partial charge in [0.15, 0.2) is 36.1 Å². The van der Waals surface area contributed by atoms with Crippen molar-refractivity contribution in [2.75, 3.05) is 11.9 Å². The maximum Gasteiger partial charge on any atom is 0.248 e. The van der Waals surface area contributed by atoms with Crippen molar-refractivity contribution in [1.82, 2.24) is 0 Å². The number of rotatable bonds is 14. The number of fused-ring (bicyclic) bond motifs is 3. The summed E-state index contributed by atoms with van der Waals surface area (Å²) < 4.78 is 20.2. The summed E-state index contributed by atoms with van der Waals surface area (Å²) in [6.07, 6.45) is 25.2. The predicted molar refractivity (Wildman–Crippen MR) is 219 cm³/mol. The fourth-order valence-corrected chi connectivity index (χ4v) is 7.71. The topological polar surface area (TPSA) is 84.8 Å². The molecule has 0 bridgehead atoms. The number of nitrogens with one attached hydrogen (secondary N) is 1. The first-order chi connectivity index (χ1) is 26.0. The Labute approximate surface area is 321 Å². The molecule has 2 aromatic heterocycles. The molecular weight excluding hydrogens is 671 g/mol. The second-order valence-electron chi connectivity index (χ2n) is 15.5. The van der Waals surface area contributed by atoms with Gasteiger partial charge in [-0.2, -0.15) is 0 Å². The molecule has 2 radical (unpaired) electrons. The Balaban J connectivity index is 1.07. The van der Waals surface area contributed by atoms with E-state index in [-0.39, 0.29) is 17.4 Å². The van der Waals surface area contributed by atoms with Gasteiger partial charge in [-0.25, -0.2) is 4.57 Å². The van der Waals surface area contributed by atoms with Crippen molar-refractivity contribution >= 4 is 41.2 Å². The van der Waals surface area contributed by atoms with E-state index in [0.717, 1.165) is 52.2 Å². The number of hydrogen-bond donors (Lipinski definition) is 2. The third-order valence-electron chi connectivity index (χ3n) is 10.7. The van der Waals surface area contributed by atoms with Crippen LogP contribution >= 0.6 is 0 Å². The molecule has 8 heteroatoms. The lowest BCUT2D eigenvalue weighted by Gasteiger charge is -2.32. The monoisotopic (exact) mass is 725 g/mol.